The lowest BCUT2D eigenvalue weighted by atomic mass is 9.86. The Morgan fingerprint density at radius 3 is 2.43 bits per heavy atom. The summed E-state index contributed by atoms with van der Waals surface area (Å²) in [4.78, 5) is 5.52. The van der Waals surface area contributed by atoms with E-state index in [2.05, 4.69) is 4.98 Å². The van der Waals surface area contributed by atoms with Gasteiger partial charge in [-0.15, -0.1) is 0 Å². The predicted octanol–water partition coefficient (Wildman–Crippen LogP) is 3.08. The summed E-state index contributed by atoms with van der Waals surface area (Å²) in [5, 5.41) is 9.59. The van der Waals surface area contributed by atoms with Crippen molar-refractivity contribution in [2.24, 2.45) is 5.41 Å². The summed E-state index contributed by atoms with van der Waals surface area (Å²) in [7, 11) is 1.92. The fourth-order valence-corrected chi connectivity index (χ4v) is 3.12. The molecular formula is C15H21F3N2O. The molecule has 1 saturated carbocycles. The Morgan fingerprint density at radius 2 is 1.95 bits per heavy atom. The smallest absolute Gasteiger partial charge is 0.396 e. The molecule has 0 aromatic carbocycles. The van der Waals surface area contributed by atoms with Gasteiger partial charge in [0.1, 0.15) is 5.69 Å². The van der Waals surface area contributed by atoms with E-state index in [9.17, 15) is 18.3 Å². The van der Waals surface area contributed by atoms with Crippen molar-refractivity contribution in [1.82, 2.24) is 9.88 Å². The van der Waals surface area contributed by atoms with Crippen LogP contribution in [-0.2, 0) is 12.7 Å². The standard InChI is InChI=1S/C15H21F3N2O/c1-20(10-14(11-21)6-2-3-7-14)9-12-4-5-13(19-8-12)15(16,17)18/h4-5,8,21H,2-3,6-7,9-11H2,1H3. The number of hydrogen-bond acceptors (Lipinski definition) is 3. The number of alkyl halides is 3. The molecule has 0 radical (unpaired) electrons. The molecule has 1 aliphatic rings. The average molecular weight is 302 g/mol. The topological polar surface area (TPSA) is 36.4 Å². The van der Waals surface area contributed by atoms with Crippen molar-refractivity contribution in [3.05, 3.63) is 29.6 Å². The Morgan fingerprint density at radius 1 is 1.29 bits per heavy atom. The van der Waals surface area contributed by atoms with Crippen LogP contribution >= 0.6 is 0 Å². The van der Waals surface area contributed by atoms with E-state index < -0.39 is 11.9 Å². The summed E-state index contributed by atoms with van der Waals surface area (Å²) >= 11 is 0. The van der Waals surface area contributed by atoms with Crippen molar-refractivity contribution >= 4 is 0 Å². The van der Waals surface area contributed by atoms with Gasteiger partial charge in [-0.25, -0.2) is 0 Å². The number of rotatable bonds is 5. The first-order valence-electron chi connectivity index (χ1n) is 7.16. The second-order valence-electron chi connectivity index (χ2n) is 6.09. The number of halogens is 3. The SMILES string of the molecule is CN(Cc1ccc(C(F)(F)F)nc1)CC1(CO)CCCC1. The van der Waals surface area contributed by atoms with Crippen LogP contribution in [0.1, 0.15) is 36.9 Å². The average Bonchev–Trinajstić information content (AvgIpc) is 2.87. The number of hydrogen-bond donors (Lipinski definition) is 1. The summed E-state index contributed by atoms with van der Waals surface area (Å²) in [6, 6.07) is 2.48. The molecule has 21 heavy (non-hydrogen) atoms. The molecule has 0 saturated heterocycles. The van der Waals surface area contributed by atoms with Gasteiger partial charge in [0.2, 0.25) is 0 Å². The molecule has 1 aliphatic carbocycles. The molecule has 0 unspecified atom stereocenters. The Labute approximate surface area is 122 Å². The Hall–Kier alpha value is -1.14. The quantitative estimate of drug-likeness (QED) is 0.908. The van der Waals surface area contributed by atoms with E-state index in [1.165, 1.54) is 12.3 Å². The van der Waals surface area contributed by atoms with Crippen molar-refractivity contribution in [2.75, 3.05) is 20.2 Å². The lowest BCUT2D eigenvalue weighted by Crippen LogP contribution is -2.36. The monoisotopic (exact) mass is 302 g/mol. The largest absolute Gasteiger partial charge is 0.433 e. The van der Waals surface area contributed by atoms with Crippen LogP contribution in [0.4, 0.5) is 13.2 Å². The van der Waals surface area contributed by atoms with Crippen molar-refractivity contribution in [3.8, 4) is 0 Å². The van der Waals surface area contributed by atoms with Crippen LogP contribution < -0.4 is 0 Å². The first kappa shape index (κ1) is 16.2. The van der Waals surface area contributed by atoms with Crippen molar-refractivity contribution < 1.29 is 18.3 Å². The second-order valence-corrected chi connectivity index (χ2v) is 6.09. The Bertz CT molecular complexity index is 453. The van der Waals surface area contributed by atoms with Crippen LogP contribution in [0.25, 0.3) is 0 Å². The maximum atomic E-state index is 12.4. The first-order chi connectivity index (χ1) is 9.85. The maximum Gasteiger partial charge on any atom is 0.433 e. The van der Waals surface area contributed by atoms with Crippen LogP contribution in [0, 0.1) is 5.41 Å². The van der Waals surface area contributed by atoms with Gasteiger partial charge in [0.15, 0.2) is 0 Å². The molecule has 2 rings (SSSR count). The van der Waals surface area contributed by atoms with Gasteiger partial charge in [-0.1, -0.05) is 18.9 Å². The van der Waals surface area contributed by atoms with Gasteiger partial charge in [0.05, 0.1) is 0 Å². The van der Waals surface area contributed by atoms with Crippen LogP contribution in [0.3, 0.4) is 0 Å². The number of pyridine rings is 1. The minimum atomic E-state index is -4.39. The second kappa shape index (κ2) is 6.32. The van der Waals surface area contributed by atoms with Crippen LogP contribution in [0.2, 0.25) is 0 Å². The molecule has 0 spiro atoms. The highest BCUT2D eigenvalue weighted by atomic mass is 19.4. The molecule has 6 heteroatoms. The van der Waals surface area contributed by atoms with Gasteiger partial charge in [-0.2, -0.15) is 13.2 Å². The minimum Gasteiger partial charge on any atom is -0.396 e. The molecule has 118 valence electrons. The molecule has 1 N–H and O–H groups in total. The zero-order valence-corrected chi connectivity index (χ0v) is 12.2. The van der Waals surface area contributed by atoms with Gasteiger partial charge in [0.25, 0.3) is 0 Å². The fourth-order valence-electron chi connectivity index (χ4n) is 3.12. The van der Waals surface area contributed by atoms with Gasteiger partial charge in [-0.3, -0.25) is 4.98 Å². The number of aromatic nitrogens is 1. The van der Waals surface area contributed by atoms with Crippen LogP contribution in [0.15, 0.2) is 18.3 Å². The van der Waals surface area contributed by atoms with Crippen molar-refractivity contribution in [1.29, 1.82) is 0 Å². The summed E-state index contributed by atoms with van der Waals surface area (Å²) in [6.45, 7) is 1.46. The minimum absolute atomic E-state index is 0.0475. The zero-order chi connectivity index (χ0) is 15.5. The van der Waals surface area contributed by atoms with E-state index >= 15 is 0 Å². The molecule has 0 amide bonds. The Balaban J connectivity index is 1.95. The van der Waals surface area contributed by atoms with Crippen molar-refractivity contribution in [3.63, 3.8) is 0 Å². The summed E-state index contributed by atoms with van der Waals surface area (Å²) in [5.74, 6) is 0. The molecule has 0 bridgehead atoms. The summed E-state index contributed by atoms with van der Waals surface area (Å²) in [5.41, 5.74) is -0.165. The molecule has 1 aromatic heterocycles. The molecule has 0 atom stereocenters. The van der Waals surface area contributed by atoms with E-state index in [1.807, 2.05) is 11.9 Å². The first-order valence-corrected chi connectivity index (χ1v) is 7.16. The fraction of sp³-hybridized carbons (Fsp3) is 0.667. The normalized spacial score (nSPS) is 18.4. The zero-order valence-electron chi connectivity index (χ0n) is 12.2. The lowest BCUT2D eigenvalue weighted by molar-refractivity contribution is -0.141. The molecule has 3 nitrogen and oxygen atoms in total. The highest BCUT2D eigenvalue weighted by Gasteiger charge is 2.34. The predicted molar refractivity (Wildman–Crippen MR) is 73.6 cm³/mol. The maximum absolute atomic E-state index is 12.4. The van der Waals surface area contributed by atoms with Gasteiger partial charge < -0.3 is 10.0 Å². The number of aliphatic hydroxyl groups excluding tert-OH is 1. The third-order valence-electron chi connectivity index (χ3n) is 4.17. The number of aliphatic hydroxyl groups is 1. The van der Waals surface area contributed by atoms with Crippen LogP contribution in [0.5, 0.6) is 0 Å². The number of nitrogens with zero attached hydrogens (tertiary/aromatic N) is 2. The van der Waals surface area contributed by atoms with Crippen molar-refractivity contribution in [2.45, 2.75) is 38.4 Å². The molecule has 1 fully saturated rings. The van der Waals surface area contributed by atoms with Gasteiger partial charge in [-0.05, 0) is 31.5 Å². The molecule has 1 aromatic rings. The van der Waals surface area contributed by atoms with E-state index in [1.54, 1.807) is 0 Å². The molecule has 1 heterocycles. The Kier molecular flexibility index (Phi) is 4.88. The van der Waals surface area contributed by atoms with E-state index in [4.69, 9.17) is 0 Å². The summed E-state index contributed by atoms with van der Waals surface area (Å²) in [6.07, 6.45) is 1.18. The van der Waals surface area contributed by atoms with Gasteiger partial charge >= 0.3 is 6.18 Å². The highest BCUT2D eigenvalue weighted by Crippen LogP contribution is 2.38. The third-order valence-corrected chi connectivity index (χ3v) is 4.17. The molecular weight excluding hydrogens is 281 g/mol. The van der Waals surface area contributed by atoms with E-state index in [-0.39, 0.29) is 12.0 Å². The highest BCUT2D eigenvalue weighted by molar-refractivity contribution is 5.16. The lowest BCUT2D eigenvalue weighted by Gasteiger charge is -2.31. The third kappa shape index (κ3) is 4.17. The van der Waals surface area contributed by atoms with Gasteiger partial charge in [0, 0.05) is 31.3 Å². The van der Waals surface area contributed by atoms with E-state index in [0.717, 1.165) is 43.9 Å². The molecule has 0 aliphatic heterocycles. The van der Waals surface area contributed by atoms with Crippen LogP contribution in [-0.4, -0.2) is 35.2 Å². The summed E-state index contributed by atoms with van der Waals surface area (Å²) < 4.78 is 37.3. The van der Waals surface area contributed by atoms with E-state index in [0.29, 0.717) is 6.54 Å².